The summed E-state index contributed by atoms with van der Waals surface area (Å²) in [6.07, 6.45) is 5.55. The summed E-state index contributed by atoms with van der Waals surface area (Å²) in [5, 5.41) is 0. The van der Waals surface area contributed by atoms with E-state index in [1.165, 1.54) is 0 Å². The number of ether oxygens (including phenoxy) is 1. The second kappa shape index (κ2) is 5.56. The van der Waals surface area contributed by atoms with E-state index in [4.69, 9.17) is 14.9 Å². The van der Waals surface area contributed by atoms with Crippen molar-refractivity contribution in [1.29, 1.82) is 0 Å². The first-order valence-corrected chi connectivity index (χ1v) is 4.32. The number of allylic oxidation sites excluding steroid dienone is 1. The third-order valence-electron chi connectivity index (χ3n) is 1.73. The van der Waals surface area contributed by atoms with Gasteiger partial charge in [0.2, 0.25) is 0 Å². The maximum absolute atomic E-state index is 5.46. The Labute approximate surface area is 78.2 Å². The summed E-state index contributed by atoms with van der Waals surface area (Å²) in [7, 11) is 0. The van der Waals surface area contributed by atoms with Crippen molar-refractivity contribution in [2.45, 2.75) is 20.1 Å². The lowest BCUT2D eigenvalue weighted by atomic mass is 10.2. The summed E-state index contributed by atoms with van der Waals surface area (Å²) in [4.78, 5) is 0. The zero-order valence-corrected chi connectivity index (χ0v) is 7.82. The first kappa shape index (κ1) is 10.0. The molecule has 72 valence electrons. The molecule has 0 aliphatic carbocycles. The van der Waals surface area contributed by atoms with E-state index in [0.717, 1.165) is 11.3 Å². The zero-order chi connectivity index (χ0) is 9.52. The molecule has 13 heavy (non-hydrogen) atoms. The number of hydrogen-bond acceptors (Lipinski definition) is 3. The van der Waals surface area contributed by atoms with Crippen LogP contribution in [0.3, 0.4) is 0 Å². The standard InChI is InChI=1S/C10H15NO2/c1-2-3-5-12-8-9-4-6-13-10(9)7-11/h2-4,6H,5,7-8,11H2,1H3. The predicted molar refractivity (Wildman–Crippen MR) is 51.1 cm³/mol. The molecule has 0 amide bonds. The SMILES string of the molecule is CC=CCOCc1ccoc1CN. The Morgan fingerprint density at radius 2 is 2.46 bits per heavy atom. The van der Waals surface area contributed by atoms with Crippen LogP contribution in [-0.4, -0.2) is 6.61 Å². The molecule has 1 aromatic rings. The van der Waals surface area contributed by atoms with E-state index in [1.807, 2.05) is 25.1 Å². The highest BCUT2D eigenvalue weighted by Gasteiger charge is 2.02. The molecule has 0 saturated heterocycles. The lowest BCUT2D eigenvalue weighted by molar-refractivity contribution is 0.147. The molecule has 3 nitrogen and oxygen atoms in total. The maximum Gasteiger partial charge on any atom is 0.122 e. The first-order valence-electron chi connectivity index (χ1n) is 4.32. The lowest BCUT2D eigenvalue weighted by Crippen LogP contribution is -2.00. The van der Waals surface area contributed by atoms with E-state index in [2.05, 4.69) is 0 Å². The van der Waals surface area contributed by atoms with Gasteiger partial charge in [0.1, 0.15) is 5.76 Å². The molecule has 1 aromatic heterocycles. The third kappa shape index (κ3) is 3.05. The molecule has 0 aliphatic rings. The molecule has 0 fully saturated rings. The van der Waals surface area contributed by atoms with Crippen LogP contribution in [0.15, 0.2) is 28.9 Å². The molecule has 2 N–H and O–H groups in total. The van der Waals surface area contributed by atoms with Gasteiger partial charge in [0.25, 0.3) is 0 Å². The van der Waals surface area contributed by atoms with Gasteiger partial charge < -0.3 is 14.9 Å². The average Bonchev–Trinajstić information content (AvgIpc) is 2.60. The molecule has 0 aliphatic heterocycles. The maximum atomic E-state index is 5.46. The molecule has 0 saturated carbocycles. The molecule has 1 rings (SSSR count). The minimum atomic E-state index is 0.426. The second-order valence-electron chi connectivity index (χ2n) is 2.66. The van der Waals surface area contributed by atoms with Crippen molar-refractivity contribution in [3.05, 3.63) is 35.8 Å². The van der Waals surface area contributed by atoms with Crippen molar-refractivity contribution in [3.63, 3.8) is 0 Å². The average molecular weight is 181 g/mol. The fraction of sp³-hybridized carbons (Fsp3) is 0.400. The summed E-state index contributed by atoms with van der Waals surface area (Å²) in [5.41, 5.74) is 6.50. The van der Waals surface area contributed by atoms with Gasteiger partial charge in [-0.3, -0.25) is 0 Å². The molecule has 0 spiro atoms. The Kier molecular flexibility index (Phi) is 4.29. The quantitative estimate of drug-likeness (QED) is 0.557. The molecule has 1 heterocycles. The topological polar surface area (TPSA) is 48.4 Å². The van der Waals surface area contributed by atoms with Crippen LogP contribution in [0.2, 0.25) is 0 Å². The lowest BCUT2D eigenvalue weighted by Gasteiger charge is -2.00. The smallest absolute Gasteiger partial charge is 0.122 e. The number of furan rings is 1. The third-order valence-corrected chi connectivity index (χ3v) is 1.73. The Balaban J connectivity index is 2.35. The summed E-state index contributed by atoms with van der Waals surface area (Å²) >= 11 is 0. The van der Waals surface area contributed by atoms with Crippen LogP contribution < -0.4 is 5.73 Å². The van der Waals surface area contributed by atoms with Crippen molar-refractivity contribution in [1.82, 2.24) is 0 Å². The van der Waals surface area contributed by atoms with E-state index >= 15 is 0 Å². The van der Waals surface area contributed by atoms with Crippen molar-refractivity contribution >= 4 is 0 Å². The van der Waals surface area contributed by atoms with E-state index in [1.54, 1.807) is 6.26 Å². The van der Waals surface area contributed by atoms with E-state index < -0.39 is 0 Å². The van der Waals surface area contributed by atoms with E-state index in [9.17, 15) is 0 Å². The van der Waals surface area contributed by atoms with Crippen molar-refractivity contribution in [2.75, 3.05) is 6.61 Å². The molecule has 0 radical (unpaired) electrons. The molecule has 0 atom stereocenters. The van der Waals surface area contributed by atoms with Gasteiger partial charge in [-0.2, -0.15) is 0 Å². The van der Waals surface area contributed by atoms with Gasteiger partial charge >= 0.3 is 0 Å². The number of rotatable bonds is 5. The minimum Gasteiger partial charge on any atom is -0.468 e. The summed E-state index contributed by atoms with van der Waals surface area (Å²) in [5.74, 6) is 0.806. The Morgan fingerprint density at radius 1 is 1.62 bits per heavy atom. The van der Waals surface area contributed by atoms with Crippen molar-refractivity contribution in [2.24, 2.45) is 5.73 Å². The molecule has 0 unspecified atom stereocenters. The van der Waals surface area contributed by atoms with Crippen LogP contribution in [0.4, 0.5) is 0 Å². The highest BCUT2D eigenvalue weighted by Crippen LogP contribution is 2.10. The molecule has 3 heteroatoms. The van der Waals surface area contributed by atoms with Gasteiger partial charge in [0.05, 0.1) is 26.0 Å². The second-order valence-corrected chi connectivity index (χ2v) is 2.66. The monoisotopic (exact) mass is 181 g/mol. The van der Waals surface area contributed by atoms with Gasteiger partial charge in [-0.15, -0.1) is 0 Å². The van der Waals surface area contributed by atoms with Crippen LogP contribution in [0, 0.1) is 0 Å². The van der Waals surface area contributed by atoms with Crippen LogP contribution in [-0.2, 0) is 17.9 Å². The summed E-state index contributed by atoms with van der Waals surface area (Å²) in [6.45, 7) is 3.58. The fourth-order valence-electron chi connectivity index (χ4n) is 1.01. The van der Waals surface area contributed by atoms with Crippen molar-refractivity contribution in [3.8, 4) is 0 Å². The number of nitrogens with two attached hydrogens (primary N) is 1. The van der Waals surface area contributed by atoms with Crippen LogP contribution in [0.1, 0.15) is 18.2 Å². The normalized spacial score (nSPS) is 11.2. The number of hydrogen-bond donors (Lipinski definition) is 1. The predicted octanol–water partition coefficient (Wildman–Crippen LogP) is 1.83. The highest BCUT2D eigenvalue weighted by molar-refractivity contribution is 5.15. The summed E-state index contributed by atoms with van der Waals surface area (Å²) < 4.78 is 10.5. The molecular formula is C10H15NO2. The van der Waals surface area contributed by atoms with Gasteiger partial charge in [-0.1, -0.05) is 12.2 Å². The van der Waals surface area contributed by atoms with Gasteiger partial charge in [-0.25, -0.2) is 0 Å². The van der Waals surface area contributed by atoms with Gasteiger partial charge in [-0.05, 0) is 13.0 Å². The van der Waals surface area contributed by atoms with Crippen LogP contribution >= 0.6 is 0 Å². The fourth-order valence-corrected chi connectivity index (χ4v) is 1.01. The molecule has 0 aromatic carbocycles. The van der Waals surface area contributed by atoms with E-state index in [0.29, 0.717) is 19.8 Å². The molecule has 0 bridgehead atoms. The highest BCUT2D eigenvalue weighted by atomic mass is 16.5. The van der Waals surface area contributed by atoms with E-state index in [-0.39, 0.29) is 0 Å². The Bertz CT molecular complexity index is 266. The minimum absolute atomic E-state index is 0.426. The Hall–Kier alpha value is -1.06. The zero-order valence-electron chi connectivity index (χ0n) is 7.82. The van der Waals surface area contributed by atoms with Gasteiger partial charge in [0, 0.05) is 5.56 Å². The largest absolute Gasteiger partial charge is 0.468 e. The van der Waals surface area contributed by atoms with Crippen LogP contribution in [0.5, 0.6) is 0 Å². The first-order chi connectivity index (χ1) is 6.38. The molecular weight excluding hydrogens is 166 g/mol. The van der Waals surface area contributed by atoms with Crippen molar-refractivity contribution < 1.29 is 9.15 Å². The van der Waals surface area contributed by atoms with Crippen LogP contribution in [0.25, 0.3) is 0 Å². The Morgan fingerprint density at radius 3 is 3.15 bits per heavy atom. The summed E-state index contributed by atoms with van der Waals surface area (Å²) in [6, 6.07) is 1.89. The van der Waals surface area contributed by atoms with Gasteiger partial charge in [0.15, 0.2) is 0 Å².